The van der Waals surface area contributed by atoms with Gasteiger partial charge in [-0.25, -0.2) is 0 Å². The second-order valence-corrected chi connectivity index (χ2v) is 3.38. The van der Waals surface area contributed by atoms with E-state index in [-0.39, 0.29) is 5.91 Å². The summed E-state index contributed by atoms with van der Waals surface area (Å²) in [5, 5.41) is 6.11. The standard InChI is InChI=1S/C8H17N3O.2C2H6/c1-6(12)10-5-8-2-7(3-9)4-11-8;2*1-2/h7-8,11H,2-5,9H2,1H3,(H,10,12);2*1-2H3. The van der Waals surface area contributed by atoms with Crippen molar-refractivity contribution in [1.82, 2.24) is 10.6 Å². The first-order chi connectivity index (χ1) is 7.72. The van der Waals surface area contributed by atoms with E-state index >= 15 is 0 Å². The molecular formula is C12H29N3O. The highest BCUT2D eigenvalue weighted by atomic mass is 16.1. The summed E-state index contributed by atoms with van der Waals surface area (Å²) in [6, 6.07) is 0.419. The molecule has 1 saturated heterocycles. The minimum atomic E-state index is 0.0352. The predicted octanol–water partition coefficient (Wildman–Crippen LogP) is 1.11. The molecule has 16 heavy (non-hydrogen) atoms. The lowest BCUT2D eigenvalue weighted by Crippen LogP contribution is -2.35. The molecule has 2 atom stereocenters. The van der Waals surface area contributed by atoms with Crippen LogP contribution in [0.25, 0.3) is 0 Å². The number of nitrogens with one attached hydrogen (secondary N) is 2. The molecule has 4 nitrogen and oxygen atoms in total. The van der Waals surface area contributed by atoms with Crippen LogP contribution in [0.3, 0.4) is 0 Å². The van der Waals surface area contributed by atoms with E-state index in [1.807, 2.05) is 27.7 Å². The molecule has 1 aliphatic heterocycles. The molecule has 0 aromatic heterocycles. The smallest absolute Gasteiger partial charge is 0.216 e. The highest BCUT2D eigenvalue weighted by Crippen LogP contribution is 2.11. The number of rotatable bonds is 3. The molecular weight excluding hydrogens is 202 g/mol. The van der Waals surface area contributed by atoms with Gasteiger partial charge in [-0.15, -0.1) is 0 Å². The summed E-state index contributed by atoms with van der Waals surface area (Å²) in [6.45, 7) is 12.0. The second kappa shape index (κ2) is 12.5. The van der Waals surface area contributed by atoms with Crippen molar-refractivity contribution in [3.05, 3.63) is 0 Å². The average molecular weight is 231 g/mol. The van der Waals surface area contributed by atoms with Crippen LogP contribution in [0, 0.1) is 5.92 Å². The van der Waals surface area contributed by atoms with Crippen LogP contribution in [0.5, 0.6) is 0 Å². The molecule has 1 amide bonds. The largest absolute Gasteiger partial charge is 0.355 e. The summed E-state index contributed by atoms with van der Waals surface area (Å²) in [6.07, 6.45) is 1.08. The lowest BCUT2D eigenvalue weighted by Gasteiger charge is -2.09. The van der Waals surface area contributed by atoms with Gasteiger partial charge in [-0.1, -0.05) is 27.7 Å². The molecule has 4 N–H and O–H groups in total. The van der Waals surface area contributed by atoms with E-state index < -0.39 is 0 Å². The minimum Gasteiger partial charge on any atom is -0.355 e. The van der Waals surface area contributed by atoms with Gasteiger partial charge in [0.2, 0.25) is 5.91 Å². The SMILES string of the molecule is CC.CC.CC(=O)NCC1CC(CN)CN1. The van der Waals surface area contributed by atoms with Gasteiger partial charge in [0.25, 0.3) is 0 Å². The maximum atomic E-state index is 10.6. The Morgan fingerprint density at radius 3 is 2.31 bits per heavy atom. The first-order valence-corrected chi connectivity index (χ1v) is 6.40. The van der Waals surface area contributed by atoms with Gasteiger partial charge in [-0.05, 0) is 25.4 Å². The third kappa shape index (κ3) is 8.68. The van der Waals surface area contributed by atoms with Crippen LogP contribution >= 0.6 is 0 Å². The highest BCUT2D eigenvalue weighted by Gasteiger charge is 2.22. The van der Waals surface area contributed by atoms with Crippen molar-refractivity contribution in [3.8, 4) is 0 Å². The number of hydrogen-bond acceptors (Lipinski definition) is 3. The van der Waals surface area contributed by atoms with Gasteiger partial charge in [0, 0.05) is 19.5 Å². The van der Waals surface area contributed by atoms with Gasteiger partial charge in [0.15, 0.2) is 0 Å². The van der Waals surface area contributed by atoms with Crippen molar-refractivity contribution in [2.24, 2.45) is 11.7 Å². The van der Waals surface area contributed by atoms with Crippen LogP contribution < -0.4 is 16.4 Å². The molecule has 0 spiro atoms. The Morgan fingerprint density at radius 2 is 1.94 bits per heavy atom. The lowest BCUT2D eigenvalue weighted by atomic mass is 10.1. The molecule has 1 rings (SSSR count). The Bertz CT molecular complexity index is 162. The summed E-state index contributed by atoms with van der Waals surface area (Å²) in [7, 11) is 0. The highest BCUT2D eigenvalue weighted by molar-refractivity contribution is 5.72. The van der Waals surface area contributed by atoms with E-state index in [0.29, 0.717) is 12.0 Å². The Kier molecular flexibility index (Phi) is 13.8. The van der Waals surface area contributed by atoms with E-state index in [0.717, 1.165) is 26.1 Å². The van der Waals surface area contributed by atoms with Gasteiger partial charge in [-0.2, -0.15) is 0 Å². The van der Waals surface area contributed by atoms with Crippen LogP contribution in [0.1, 0.15) is 41.0 Å². The normalized spacial score (nSPS) is 22.4. The number of carbonyl (C=O) groups excluding carboxylic acids is 1. The van der Waals surface area contributed by atoms with E-state index in [9.17, 15) is 4.79 Å². The summed E-state index contributed by atoms with van der Waals surface area (Å²) in [5.41, 5.74) is 5.52. The first kappa shape index (κ1) is 17.8. The van der Waals surface area contributed by atoms with Crippen molar-refractivity contribution in [1.29, 1.82) is 0 Å². The quantitative estimate of drug-likeness (QED) is 0.681. The fraction of sp³-hybridized carbons (Fsp3) is 0.917. The molecule has 0 aromatic rings. The molecule has 0 aromatic carbocycles. The fourth-order valence-corrected chi connectivity index (χ4v) is 1.50. The molecule has 0 aliphatic carbocycles. The number of amides is 1. The van der Waals surface area contributed by atoms with Crippen molar-refractivity contribution < 1.29 is 4.79 Å². The molecule has 0 bridgehead atoms. The lowest BCUT2D eigenvalue weighted by molar-refractivity contribution is -0.119. The van der Waals surface area contributed by atoms with E-state index in [1.54, 1.807) is 0 Å². The monoisotopic (exact) mass is 231 g/mol. The van der Waals surface area contributed by atoms with Crippen molar-refractivity contribution >= 4 is 5.91 Å². The molecule has 2 unspecified atom stereocenters. The van der Waals surface area contributed by atoms with Crippen LogP contribution in [0.4, 0.5) is 0 Å². The summed E-state index contributed by atoms with van der Waals surface area (Å²) in [5.74, 6) is 0.622. The zero-order valence-electron chi connectivity index (χ0n) is 11.5. The van der Waals surface area contributed by atoms with E-state index in [4.69, 9.17) is 5.73 Å². The molecule has 0 radical (unpaired) electrons. The molecule has 4 heteroatoms. The number of hydrogen-bond donors (Lipinski definition) is 3. The molecule has 1 heterocycles. The van der Waals surface area contributed by atoms with E-state index in [2.05, 4.69) is 10.6 Å². The number of carbonyl (C=O) groups is 1. The van der Waals surface area contributed by atoms with E-state index in [1.165, 1.54) is 6.92 Å². The van der Waals surface area contributed by atoms with Crippen molar-refractivity contribution in [2.75, 3.05) is 19.6 Å². The third-order valence-corrected chi connectivity index (χ3v) is 2.24. The summed E-state index contributed by atoms with van der Waals surface area (Å²) < 4.78 is 0. The average Bonchev–Trinajstić information content (AvgIpc) is 2.79. The van der Waals surface area contributed by atoms with Crippen LogP contribution in [0.15, 0.2) is 0 Å². The van der Waals surface area contributed by atoms with Crippen molar-refractivity contribution in [2.45, 2.75) is 47.1 Å². The Morgan fingerprint density at radius 1 is 1.38 bits per heavy atom. The predicted molar refractivity (Wildman–Crippen MR) is 70.3 cm³/mol. The van der Waals surface area contributed by atoms with Gasteiger partial charge >= 0.3 is 0 Å². The summed E-state index contributed by atoms with van der Waals surface area (Å²) in [4.78, 5) is 10.6. The van der Waals surface area contributed by atoms with Crippen LogP contribution in [-0.2, 0) is 4.79 Å². The zero-order valence-corrected chi connectivity index (χ0v) is 11.5. The topological polar surface area (TPSA) is 67.2 Å². The minimum absolute atomic E-state index is 0.0352. The molecule has 1 fully saturated rings. The molecule has 98 valence electrons. The second-order valence-electron chi connectivity index (χ2n) is 3.38. The molecule has 1 aliphatic rings. The van der Waals surface area contributed by atoms with Crippen molar-refractivity contribution in [3.63, 3.8) is 0 Å². The zero-order chi connectivity index (χ0) is 13.0. The maximum Gasteiger partial charge on any atom is 0.216 e. The first-order valence-electron chi connectivity index (χ1n) is 6.40. The van der Waals surface area contributed by atoms with Gasteiger partial charge in [0.05, 0.1) is 0 Å². The maximum absolute atomic E-state index is 10.6. The Labute approximate surface area is 100 Å². The van der Waals surface area contributed by atoms with Crippen LogP contribution in [-0.4, -0.2) is 31.6 Å². The van der Waals surface area contributed by atoms with Gasteiger partial charge < -0.3 is 16.4 Å². The number of nitrogens with two attached hydrogens (primary N) is 1. The summed E-state index contributed by atoms with van der Waals surface area (Å²) >= 11 is 0. The van der Waals surface area contributed by atoms with Gasteiger partial charge in [0.1, 0.15) is 0 Å². The Hall–Kier alpha value is -0.610. The van der Waals surface area contributed by atoms with Gasteiger partial charge in [-0.3, -0.25) is 4.79 Å². The molecule has 0 saturated carbocycles. The fourth-order valence-electron chi connectivity index (χ4n) is 1.50. The van der Waals surface area contributed by atoms with Crippen LogP contribution in [0.2, 0.25) is 0 Å². The Balaban J connectivity index is 0. The third-order valence-electron chi connectivity index (χ3n) is 2.24.